The summed E-state index contributed by atoms with van der Waals surface area (Å²) in [5, 5.41) is 26.4. The van der Waals surface area contributed by atoms with E-state index in [-0.39, 0.29) is 43.4 Å². The van der Waals surface area contributed by atoms with E-state index < -0.39 is 44.1 Å². The van der Waals surface area contributed by atoms with Crippen molar-refractivity contribution in [3.05, 3.63) is 144 Å². The highest BCUT2D eigenvalue weighted by molar-refractivity contribution is 7.44. The van der Waals surface area contributed by atoms with Gasteiger partial charge in [0.1, 0.15) is 36.1 Å². The first kappa shape index (κ1) is 44.8. The number of nitriles is 1. The van der Waals surface area contributed by atoms with Gasteiger partial charge in [-0.25, -0.2) is 19.6 Å². The van der Waals surface area contributed by atoms with Gasteiger partial charge in [0, 0.05) is 17.6 Å². The zero-order chi connectivity index (χ0) is 45.0. The van der Waals surface area contributed by atoms with E-state index >= 15 is 0 Å². The summed E-state index contributed by atoms with van der Waals surface area (Å²) in [6, 6.07) is 36.1. The Labute approximate surface area is 373 Å². The molecule has 2 aromatic heterocycles. The fourth-order valence-electron chi connectivity index (χ4n) is 9.00. The minimum Gasteiger partial charge on any atom is -0.497 e. The topological polar surface area (TPSA) is 175 Å². The second-order valence-electron chi connectivity index (χ2n) is 16.2. The van der Waals surface area contributed by atoms with Gasteiger partial charge in [-0.15, -0.1) is 0 Å². The van der Waals surface area contributed by atoms with Crippen LogP contribution in [0.1, 0.15) is 67.4 Å². The molecule has 64 heavy (non-hydrogen) atoms. The highest BCUT2D eigenvalue weighted by atomic mass is 31.2. The van der Waals surface area contributed by atoms with Crippen LogP contribution in [-0.2, 0) is 23.9 Å². The van der Waals surface area contributed by atoms with E-state index in [0.717, 1.165) is 16.7 Å². The summed E-state index contributed by atoms with van der Waals surface area (Å²) in [6.45, 7) is 8.32. The molecule has 2 unspecified atom stereocenters. The number of nitrogens with zero attached hydrogens (tertiary/aromatic N) is 6. The number of aliphatic hydroxyl groups is 1. The Kier molecular flexibility index (Phi) is 13.4. The standard InChI is InChI=1S/C48H52N7O8P/c1-31(2)55(32(3)4)64(61-27-13-26-49)63-41-40-45(54-30-52-39-42(50-29-51-43(39)54)53-44(56)33-14-9-7-10-15-33)62-47(41,28-60-40)46(57)48(34-16-11-8-12-17-34,35-18-22-37(58-5)23-19-35)36-20-24-38(59-6)25-21-36/h7-12,14-25,29-32,40-41,45-46,57H,13,27-28H2,1-6H3,(H,50,51,53,56)/t40-,41+,45-,46?,47+,64?/m1/s1. The van der Waals surface area contributed by atoms with Crippen LogP contribution in [0, 0.1) is 11.3 Å². The van der Waals surface area contributed by atoms with Crippen LogP contribution in [0.3, 0.4) is 0 Å². The van der Waals surface area contributed by atoms with Crippen LogP contribution in [0.2, 0.25) is 0 Å². The van der Waals surface area contributed by atoms with E-state index in [1.165, 1.54) is 6.33 Å². The number of aliphatic hydroxyl groups excluding tert-OH is 1. The van der Waals surface area contributed by atoms with E-state index in [9.17, 15) is 15.2 Å². The number of carbonyl (C=O) groups excluding carboxylic acids is 1. The zero-order valence-corrected chi connectivity index (χ0v) is 37.5. The number of hydrogen-bond donors (Lipinski definition) is 2. The fraction of sp³-hybridized carbons (Fsp3) is 0.354. The highest BCUT2D eigenvalue weighted by Gasteiger charge is 2.71. The smallest absolute Gasteiger partial charge is 0.259 e. The summed E-state index contributed by atoms with van der Waals surface area (Å²) in [4.78, 5) is 27.0. The SMILES string of the molecule is COc1ccc(C(c2ccccc2)(c2ccc(OC)cc2)C(O)[C@@]23CO[C@@H]([C@H](n4cnc5c(NC(=O)c6ccccc6)ncnc54)O2)[C@@H]3OP(OCCC#N)N(C(C)C)C(C)C)cc1. The molecule has 15 nitrogen and oxygen atoms in total. The van der Waals surface area contributed by atoms with Crippen LogP contribution >= 0.6 is 8.53 Å². The average molecular weight is 886 g/mol. The molecular weight excluding hydrogens is 834 g/mol. The molecule has 4 heterocycles. The molecule has 0 saturated carbocycles. The first-order valence-corrected chi connectivity index (χ1v) is 22.3. The Morgan fingerprint density at radius 3 is 2.08 bits per heavy atom. The summed E-state index contributed by atoms with van der Waals surface area (Å²) in [7, 11) is 1.35. The third kappa shape index (κ3) is 8.12. The van der Waals surface area contributed by atoms with Gasteiger partial charge < -0.3 is 38.4 Å². The van der Waals surface area contributed by atoms with Crippen molar-refractivity contribution in [2.24, 2.45) is 0 Å². The largest absolute Gasteiger partial charge is 0.497 e. The van der Waals surface area contributed by atoms with E-state index in [2.05, 4.69) is 53.7 Å². The first-order chi connectivity index (χ1) is 31.1. The number of nitrogens with one attached hydrogen (secondary N) is 1. The summed E-state index contributed by atoms with van der Waals surface area (Å²) >= 11 is 0. The normalized spacial score (nSPS) is 20.4. The molecule has 16 heteroatoms. The molecule has 6 atom stereocenters. The van der Waals surface area contributed by atoms with Gasteiger partial charge in [0.2, 0.25) is 0 Å². The third-order valence-electron chi connectivity index (χ3n) is 11.9. The predicted octanol–water partition coefficient (Wildman–Crippen LogP) is 7.82. The molecule has 0 spiro atoms. The minimum absolute atomic E-state index is 0.0217. The number of rotatable bonds is 18. The molecule has 6 aromatic rings. The average Bonchev–Trinajstić information content (AvgIpc) is 4.01. The maximum absolute atomic E-state index is 13.9. The Hall–Kier alpha value is -5.82. The van der Waals surface area contributed by atoms with Crippen molar-refractivity contribution in [3.63, 3.8) is 0 Å². The lowest BCUT2D eigenvalue weighted by Gasteiger charge is -2.48. The van der Waals surface area contributed by atoms with E-state index in [1.807, 2.05) is 84.9 Å². The van der Waals surface area contributed by atoms with Crippen molar-refractivity contribution >= 4 is 31.4 Å². The first-order valence-electron chi connectivity index (χ1n) is 21.2. The maximum Gasteiger partial charge on any atom is 0.259 e. The van der Waals surface area contributed by atoms with Crippen LogP contribution in [0.15, 0.2) is 122 Å². The number of methoxy groups -OCH3 is 2. The van der Waals surface area contributed by atoms with E-state index in [0.29, 0.717) is 28.2 Å². The summed E-state index contributed by atoms with van der Waals surface area (Å²) in [6.07, 6.45) is -1.09. The number of aromatic nitrogens is 4. The predicted molar refractivity (Wildman–Crippen MR) is 241 cm³/mol. The Bertz CT molecular complexity index is 2500. The number of fused-ring (bicyclic) bond motifs is 3. The molecule has 0 radical (unpaired) electrons. The summed E-state index contributed by atoms with van der Waals surface area (Å²) in [5.41, 5.74) is 0.489. The maximum atomic E-state index is 13.9. The lowest BCUT2D eigenvalue weighted by molar-refractivity contribution is -0.215. The van der Waals surface area contributed by atoms with Gasteiger partial charge >= 0.3 is 0 Å². The molecule has 2 saturated heterocycles. The van der Waals surface area contributed by atoms with Gasteiger partial charge in [-0.2, -0.15) is 5.26 Å². The second-order valence-corrected chi connectivity index (χ2v) is 17.6. The number of carbonyl (C=O) groups is 1. The Morgan fingerprint density at radius 1 is 0.906 bits per heavy atom. The zero-order valence-electron chi connectivity index (χ0n) is 36.6. The van der Waals surface area contributed by atoms with Crippen molar-refractivity contribution in [2.45, 2.75) is 81.8 Å². The Balaban J connectivity index is 1.31. The fourth-order valence-corrected chi connectivity index (χ4v) is 10.8. The second kappa shape index (κ2) is 19.1. The lowest BCUT2D eigenvalue weighted by atomic mass is 9.61. The number of amides is 1. The molecule has 8 rings (SSSR count). The molecule has 2 fully saturated rings. The molecule has 1 amide bonds. The van der Waals surface area contributed by atoms with Crippen molar-refractivity contribution in [2.75, 3.05) is 32.8 Å². The number of ether oxygens (including phenoxy) is 4. The van der Waals surface area contributed by atoms with Crippen molar-refractivity contribution in [1.82, 2.24) is 24.2 Å². The van der Waals surface area contributed by atoms with Crippen LogP contribution in [0.4, 0.5) is 5.82 Å². The quantitative estimate of drug-likeness (QED) is 0.0486. The molecule has 4 aromatic carbocycles. The molecule has 2 aliphatic rings. The van der Waals surface area contributed by atoms with Crippen molar-refractivity contribution < 1.29 is 37.9 Å². The van der Waals surface area contributed by atoms with Crippen LogP contribution < -0.4 is 14.8 Å². The third-order valence-corrected chi connectivity index (χ3v) is 14.0. The van der Waals surface area contributed by atoms with Crippen LogP contribution in [0.5, 0.6) is 11.5 Å². The van der Waals surface area contributed by atoms with Crippen LogP contribution in [-0.4, -0.2) is 98.6 Å². The molecular formula is C48H52N7O8P. The molecule has 2 aliphatic heterocycles. The van der Waals surface area contributed by atoms with Gasteiger partial charge in [-0.05, 0) is 80.8 Å². The van der Waals surface area contributed by atoms with E-state index in [4.69, 9.17) is 33.0 Å². The highest BCUT2D eigenvalue weighted by Crippen LogP contribution is 2.60. The van der Waals surface area contributed by atoms with Crippen LogP contribution in [0.25, 0.3) is 11.2 Å². The summed E-state index contributed by atoms with van der Waals surface area (Å²) in [5.74, 6) is 1.15. The number of benzene rings is 4. The van der Waals surface area contributed by atoms with E-state index in [1.54, 1.807) is 49.4 Å². The van der Waals surface area contributed by atoms with Gasteiger partial charge in [0.05, 0.1) is 51.7 Å². The lowest BCUT2D eigenvalue weighted by Crippen LogP contribution is -2.61. The van der Waals surface area contributed by atoms with Gasteiger partial charge in [0.25, 0.3) is 14.4 Å². The molecule has 2 N–H and O–H groups in total. The molecule has 2 bridgehead atoms. The monoisotopic (exact) mass is 885 g/mol. The molecule has 332 valence electrons. The minimum atomic E-state index is -1.88. The number of hydrogen-bond acceptors (Lipinski definition) is 13. The molecule has 0 aliphatic carbocycles. The van der Waals surface area contributed by atoms with Gasteiger partial charge in [-0.3, -0.25) is 9.36 Å². The van der Waals surface area contributed by atoms with Gasteiger partial charge in [0.15, 0.2) is 28.8 Å². The van der Waals surface area contributed by atoms with Crippen molar-refractivity contribution in [3.8, 4) is 17.6 Å². The Morgan fingerprint density at radius 2 is 1.50 bits per heavy atom. The van der Waals surface area contributed by atoms with Crippen molar-refractivity contribution in [1.29, 1.82) is 5.26 Å². The summed E-state index contributed by atoms with van der Waals surface area (Å²) < 4.78 is 43.0. The van der Waals surface area contributed by atoms with Gasteiger partial charge in [-0.1, -0.05) is 72.8 Å². The number of anilines is 1. The number of imidazole rings is 1.